The average molecular weight is 321 g/mol. The normalized spacial score (nSPS) is 14.5. The molecule has 0 saturated carbocycles. The molecule has 0 aliphatic carbocycles. The number of nitrogens with one attached hydrogen (secondary N) is 1. The molecule has 6 heteroatoms. The summed E-state index contributed by atoms with van der Waals surface area (Å²) in [5.74, 6) is 0.0914. The number of nitrogens with zero attached hydrogens (tertiary/aromatic N) is 3. The third-order valence-corrected chi connectivity index (χ3v) is 3.91. The predicted octanol–water partition coefficient (Wildman–Crippen LogP) is 1.96. The van der Waals surface area contributed by atoms with Crippen LogP contribution < -0.4 is 5.32 Å². The van der Waals surface area contributed by atoms with Gasteiger partial charge in [0.1, 0.15) is 0 Å². The monoisotopic (exact) mass is 320 g/mol. The van der Waals surface area contributed by atoms with Gasteiger partial charge in [-0.05, 0) is 26.0 Å². The molecule has 1 fully saturated rings. The van der Waals surface area contributed by atoms with Crippen molar-refractivity contribution in [3.8, 4) is 5.69 Å². The quantitative estimate of drug-likeness (QED) is 0.920. The first-order valence-electron chi connectivity index (χ1n) is 7.30. The molecule has 1 aliphatic rings. The second-order valence-corrected chi connectivity index (χ2v) is 5.34. The number of amides is 1. The van der Waals surface area contributed by atoms with E-state index >= 15 is 0 Å². The zero-order valence-corrected chi connectivity index (χ0v) is 13.7. The third kappa shape index (κ3) is 3.00. The first-order valence-corrected chi connectivity index (χ1v) is 7.30. The van der Waals surface area contributed by atoms with Crippen molar-refractivity contribution in [3.05, 3.63) is 47.3 Å². The van der Waals surface area contributed by atoms with Gasteiger partial charge in [-0.1, -0.05) is 18.2 Å². The van der Waals surface area contributed by atoms with Gasteiger partial charge in [0.15, 0.2) is 0 Å². The maximum Gasteiger partial charge on any atom is 0.257 e. The topological polar surface area (TPSA) is 50.2 Å². The van der Waals surface area contributed by atoms with Crippen LogP contribution >= 0.6 is 12.4 Å². The summed E-state index contributed by atoms with van der Waals surface area (Å²) in [6.07, 6.45) is 0. The number of carbonyl (C=O) groups is 1. The van der Waals surface area contributed by atoms with Crippen LogP contribution in [0.5, 0.6) is 0 Å². The van der Waals surface area contributed by atoms with E-state index in [4.69, 9.17) is 0 Å². The molecular weight excluding hydrogens is 300 g/mol. The fourth-order valence-corrected chi connectivity index (χ4v) is 2.80. The van der Waals surface area contributed by atoms with E-state index in [1.165, 1.54) is 0 Å². The molecule has 2 aromatic rings. The van der Waals surface area contributed by atoms with Gasteiger partial charge < -0.3 is 10.2 Å². The highest BCUT2D eigenvalue weighted by molar-refractivity contribution is 5.96. The Labute approximate surface area is 136 Å². The highest BCUT2D eigenvalue weighted by atomic mass is 35.5. The van der Waals surface area contributed by atoms with E-state index in [-0.39, 0.29) is 18.3 Å². The number of hydrogen-bond acceptors (Lipinski definition) is 3. The standard InChI is InChI=1S/C16H20N4O.ClH/c1-12-15(16(21)19-10-8-17-9-11-19)13(2)20(18-12)14-6-4-3-5-7-14;/h3-7,17H,8-11H2,1-2H3;1H. The highest BCUT2D eigenvalue weighted by Crippen LogP contribution is 2.19. The van der Waals surface area contributed by atoms with E-state index in [2.05, 4.69) is 10.4 Å². The number of piperazine rings is 1. The molecule has 1 aliphatic heterocycles. The first kappa shape index (κ1) is 16.5. The Morgan fingerprint density at radius 2 is 1.77 bits per heavy atom. The van der Waals surface area contributed by atoms with Gasteiger partial charge in [0.25, 0.3) is 5.91 Å². The summed E-state index contributed by atoms with van der Waals surface area (Å²) in [7, 11) is 0. The molecule has 0 atom stereocenters. The van der Waals surface area contributed by atoms with Gasteiger partial charge in [0.05, 0.1) is 22.6 Å². The van der Waals surface area contributed by atoms with E-state index < -0.39 is 0 Å². The van der Waals surface area contributed by atoms with E-state index in [0.29, 0.717) is 0 Å². The molecule has 5 nitrogen and oxygen atoms in total. The van der Waals surface area contributed by atoms with Gasteiger partial charge in [0.2, 0.25) is 0 Å². The van der Waals surface area contributed by atoms with Gasteiger partial charge in [-0.2, -0.15) is 5.10 Å². The lowest BCUT2D eigenvalue weighted by Crippen LogP contribution is -2.46. The SMILES string of the molecule is Cc1nn(-c2ccccc2)c(C)c1C(=O)N1CCNCC1.Cl. The average Bonchev–Trinajstić information content (AvgIpc) is 2.83. The number of aromatic nitrogens is 2. The number of aryl methyl sites for hydroxylation is 1. The molecule has 118 valence electrons. The fourth-order valence-electron chi connectivity index (χ4n) is 2.80. The van der Waals surface area contributed by atoms with Crippen molar-refractivity contribution < 1.29 is 4.79 Å². The molecule has 0 radical (unpaired) electrons. The fraction of sp³-hybridized carbons (Fsp3) is 0.375. The van der Waals surface area contributed by atoms with Crippen molar-refractivity contribution in [2.45, 2.75) is 13.8 Å². The summed E-state index contributed by atoms with van der Waals surface area (Å²) >= 11 is 0. The summed E-state index contributed by atoms with van der Waals surface area (Å²) in [4.78, 5) is 14.6. The summed E-state index contributed by atoms with van der Waals surface area (Å²) in [5, 5.41) is 7.82. The van der Waals surface area contributed by atoms with Gasteiger partial charge in [-0.25, -0.2) is 4.68 Å². The lowest BCUT2D eigenvalue weighted by molar-refractivity contribution is 0.0734. The van der Waals surface area contributed by atoms with Gasteiger partial charge in [-0.15, -0.1) is 12.4 Å². The molecule has 1 aromatic heterocycles. The second kappa shape index (κ2) is 6.94. The van der Waals surface area contributed by atoms with Crippen LogP contribution in [-0.2, 0) is 0 Å². The molecular formula is C16H21ClN4O. The first-order chi connectivity index (χ1) is 10.2. The Balaban J connectivity index is 0.00000176. The van der Waals surface area contributed by atoms with E-state index in [9.17, 15) is 4.79 Å². The lowest BCUT2D eigenvalue weighted by Gasteiger charge is -2.27. The minimum atomic E-state index is 0. The van der Waals surface area contributed by atoms with E-state index in [1.54, 1.807) is 0 Å². The largest absolute Gasteiger partial charge is 0.336 e. The van der Waals surface area contributed by atoms with Crippen molar-refractivity contribution in [2.24, 2.45) is 0 Å². The van der Waals surface area contributed by atoms with Gasteiger partial charge >= 0.3 is 0 Å². The molecule has 1 N–H and O–H groups in total. The van der Waals surface area contributed by atoms with Crippen molar-refractivity contribution in [2.75, 3.05) is 26.2 Å². The van der Waals surface area contributed by atoms with Crippen LogP contribution in [0.4, 0.5) is 0 Å². The molecule has 3 rings (SSSR count). The summed E-state index contributed by atoms with van der Waals surface area (Å²) in [6.45, 7) is 7.10. The number of para-hydroxylation sites is 1. The molecule has 1 saturated heterocycles. The molecule has 0 spiro atoms. The van der Waals surface area contributed by atoms with Crippen LogP contribution in [0.25, 0.3) is 5.69 Å². The van der Waals surface area contributed by atoms with Crippen molar-refractivity contribution in [1.29, 1.82) is 0 Å². The van der Waals surface area contributed by atoms with Crippen LogP contribution in [0.1, 0.15) is 21.7 Å². The Morgan fingerprint density at radius 3 is 2.41 bits per heavy atom. The van der Waals surface area contributed by atoms with Crippen LogP contribution in [0, 0.1) is 13.8 Å². The number of rotatable bonds is 2. The smallest absolute Gasteiger partial charge is 0.257 e. The Bertz CT molecular complexity index is 648. The Morgan fingerprint density at radius 1 is 1.14 bits per heavy atom. The minimum absolute atomic E-state index is 0. The van der Waals surface area contributed by atoms with Gasteiger partial charge in [0, 0.05) is 26.2 Å². The number of carbonyl (C=O) groups excluding carboxylic acids is 1. The second-order valence-electron chi connectivity index (χ2n) is 5.34. The number of halogens is 1. The Hall–Kier alpha value is -1.85. The van der Waals surface area contributed by atoms with Crippen LogP contribution in [0.3, 0.4) is 0 Å². The summed E-state index contributed by atoms with van der Waals surface area (Å²) in [6, 6.07) is 9.92. The maximum absolute atomic E-state index is 12.7. The highest BCUT2D eigenvalue weighted by Gasteiger charge is 2.25. The molecule has 1 aromatic carbocycles. The summed E-state index contributed by atoms with van der Waals surface area (Å²) in [5.41, 5.74) is 3.42. The zero-order chi connectivity index (χ0) is 14.8. The van der Waals surface area contributed by atoms with Crippen molar-refractivity contribution in [1.82, 2.24) is 20.0 Å². The van der Waals surface area contributed by atoms with Crippen molar-refractivity contribution in [3.63, 3.8) is 0 Å². The molecule has 22 heavy (non-hydrogen) atoms. The van der Waals surface area contributed by atoms with Crippen LogP contribution in [0.2, 0.25) is 0 Å². The van der Waals surface area contributed by atoms with Crippen molar-refractivity contribution >= 4 is 18.3 Å². The Kier molecular flexibility index (Phi) is 5.21. The number of benzene rings is 1. The van der Waals surface area contributed by atoms with E-state index in [0.717, 1.165) is 48.8 Å². The van der Waals surface area contributed by atoms with Gasteiger partial charge in [-0.3, -0.25) is 4.79 Å². The molecule has 0 unspecified atom stereocenters. The minimum Gasteiger partial charge on any atom is -0.336 e. The molecule has 1 amide bonds. The zero-order valence-electron chi connectivity index (χ0n) is 12.9. The number of hydrogen-bond donors (Lipinski definition) is 1. The maximum atomic E-state index is 12.7. The third-order valence-electron chi connectivity index (χ3n) is 3.91. The van der Waals surface area contributed by atoms with E-state index in [1.807, 2.05) is 53.8 Å². The van der Waals surface area contributed by atoms with Crippen LogP contribution in [0.15, 0.2) is 30.3 Å². The molecule has 0 bridgehead atoms. The summed E-state index contributed by atoms with van der Waals surface area (Å²) < 4.78 is 1.85. The lowest BCUT2D eigenvalue weighted by atomic mass is 10.1. The predicted molar refractivity (Wildman–Crippen MR) is 89.1 cm³/mol. The molecule has 2 heterocycles. The van der Waals surface area contributed by atoms with Crippen LogP contribution in [-0.4, -0.2) is 46.8 Å².